The van der Waals surface area contributed by atoms with Gasteiger partial charge in [-0.2, -0.15) is 0 Å². The third-order valence-electron chi connectivity index (χ3n) is 2.52. The molecule has 1 amide bonds. The number of rotatable bonds is 3. The summed E-state index contributed by atoms with van der Waals surface area (Å²) < 4.78 is 5.18. The number of anilines is 1. The molecule has 0 saturated carbocycles. The zero-order valence-electron chi connectivity index (χ0n) is 10.5. The lowest BCUT2D eigenvalue weighted by atomic mass is 10.1. The standard InChI is InChI=1S/C13H12ClN3O2/c1-8-6-11(19-2)9(7-10(8)14)12(18)17-13-15-4-3-5-16-13/h3-7H,1-2H3,(H,15,16,17,18). The van der Waals surface area contributed by atoms with E-state index in [-0.39, 0.29) is 11.9 Å². The fraction of sp³-hybridized carbons (Fsp3) is 0.154. The summed E-state index contributed by atoms with van der Waals surface area (Å²) in [6, 6.07) is 4.94. The van der Waals surface area contributed by atoms with Crippen LogP contribution in [0.3, 0.4) is 0 Å². The van der Waals surface area contributed by atoms with E-state index in [2.05, 4.69) is 15.3 Å². The normalized spacial score (nSPS) is 10.1. The summed E-state index contributed by atoms with van der Waals surface area (Å²) in [7, 11) is 1.50. The van der Waals surface area contributed by atoms with Gasteiger partial charge in [-0.05, 0) is 30.7 Å². The quantitative estimate of drug-likeness (QED) is 0.937. The first-order valence-electron chi connectivity index (χ1n) is 5.54. The molecular formula is C13H12ClN3O2. The summed E-state index contributed by atoms with van der Waals surface area (Å²) in [5.41, 5.74) is 1.18. The molecule has 0 spiro atoms. The third kappa shape index (κ3) is 3.00. The Morgan fingerprint density at radius 1 is 1.32 bits per heavy atom. The lowest BCUT2D eigenvalue weighted by Crippen LogP contribution is -2.15. The Morgan fingerprint density at radius 2 is 2.00 bits per heavy atom. The summed E-state index contributed by atoms with van der Waals surface area (Å²) in [5.74, 6) is 0.312. The first-order valence-corrected chi connectivity index (χ1v) is 5.92. The molecule has 2 rings (SSSR count). The van der Waals surface area contributed by atoms with Crippen molar-refractivity contribution < 1.29 is 9.53 Å². The molecule has 0 bridgehead atoms. The molecule has 0 aliphatic heterocycles. The number of benzene rings is 1. The maximum Gasteiger partial charge on any atom is 0.261 e. The minimum atomic E-state index is -0.370. The van der Waals surface area contributed by atoms with Gasteiger partial charge in [-0.25, -0.2) is 9.97 Å². The molecule has 1 heterocycles. The van der Waals surface area contributed by atoms with E-state index in [1.807, 2.05) is 6.92 Å². The molecule has 0 radical (unpaired) electrons. The number of hydrogen-bond acceptors (Lipinski definition) is 4. The summed E-state index contributed by atoms with van der Waals surface area (Å²) >= 11 is 6.02. The van der Waals surface area contributed by atoms with Crippen LogP contribution in [0, 0.1) is 6.92 Å². The lowest BCUT2D eigenvalue weighted by molar-refractivity contribution is 0.102. The molecule has 6 heteroatoms. The minimum Gasteiger partial charge on any atom is -0.496 e. The van der Waals surface area contributed by atoms with Crippen LogP contribution in [-0.2, 0) is 0 Å². The van der Waals surface area contributed by atoms with Crippen molar-refractivity contribution in [3.8, 4) is 5.75 Å². The molecule has 2 aromatic rings. The number of carbonyl (C=O) groups is 1. The summed E-state index contributed by atoms with van der Waals surface area (Å²) in [6.45, 7) is 1.84. The Kier molecular flexibility index (Phi) is 3.97. The van der Waals surface area contributed by atoms with Gasteiger partial charge in [0.1, 0.15) is 5.75 Å². The number of halogens is 1. The van der Waals surface area contributed by atoms with Crippen molar-refractivity contribution in [2.45, 2.75) is 6.92 Å². The van der Waals surface area contributed by atoms with Crippen LogP contribution >= 0.6 is 11.6 Å². The van der Waals surface area contributed by atoms with Crippen molar-refractivity contribution >= 4 is 23.5 Å². The highest BCUT2D eigenvalue weighted by Crippen LogP contribution is 2.26. The Hall–Kier alpha value is -2.14. The van der Waals surface area contributed by atoms with Gasteiger partial charge < -0.3 is 4.74 Å². The molecule has 19 heavy (non-hydrogen) atoms. The van der Waals surface area contributed by atoms with E-state index in [1.165, 1.54) is 7.11 Å². The van der Waals surface area contributed by atoms with Crippen LogP contribution in [0.15, 0.2) is 30.6 Å². The van der Waals surface area contributed by atoms with E-state index in [9.17, 15) is 4.79 Å². The number of aromatic nitrogens is 2. The van der Waals surface area contributed by atoms with Crippen molar-refractivity contribution in [1.29, 1.82) is 0 Å². The molecule has 0 fully saturated rings. The predicted octanol–water partition coefficient (Wildman–Crippen LogP) is 2.70. The monoisotopic (exact) mass is 277 g/mol. The van der Waals surface area contributed by atoms with Gasteiger partial charge in [0, 0.05) is 17.4 Å². The molecule has 0 unspecified atom stereocenters. The molecule has 0 saturated heterocycles. The number of nitrogens with zero attached hydrogens (tertiary/aromatic N) is 2. The Balaban J connectivity index is 2.31. The van der Waals surface area contributed by atoms with Crippen molar-refractivity contribution in [3.05, 3.63) is 46.7 Å². The largest absolute Gasteiger partial charge is 0.496 e. The second-order valence-electron chi connectivity index (χ2n) is 3.83. The number of methoxy groups -OCH3 is 1. The molecule has 0 aliphatic rings. The van der Waals surface area contributed by atoms with E-state index in [4.69, 9.17) is 16.3 Å². The van der Waals surface area contributed by atoms with E-state index in [0.29, 0.717) is 16.3 Å². The molecular weight excluding hydrogens is 266 g/mol. The topological polar surface area (TPSA) is 64.1 Å². The van der Waals surface area contributed by atoms with E-state index in [0.717, 1.165) is 5.56 Å². The summed E-state index contributed by atoms with van der Waals surface area (Å²) in [6.07, 6.45) is 3.09. The van der Waals surface area contributed by atoms with Crippen LogP contribution < -0.4 is 10.1 Å². The predicted molar refractivity (Wildman–Crippen MR) is 72.7 cm³/mol. The highest BCUT2D eigenvalue weighted by Gasteiger charge is 2.15. The number of ether oxygens (including phenoxy) is 1. The molecule has 98 valence electrons. The van der Waals surface area contributed by atoms with Crippen LogP contribution in [0.2, 0.25) is 5.02 Å². The second kappa shape index (κ2) is 5.67. The highest BCUT2D eigenvalue weighted by atomic mass is 35.5. The van der Waals surface area contributed by atoms with Gasteiger partial charge in [-0.3, -0.25) is 10.1 Å². The minimum absolute atomic E-state index is 0.228. The molecule has 1 aromatic carbocycles. The van der Waals surface area contributed by atoms with E-state index >= 15 is 0 Å². The first kappa shape index (κ1) is 13.3. The van der Waals surface area contributed by atoms with Gasteiger partial charge in [-0.15, -0.1) is 0 Å². The van der Waals surface area contributed by atoms with E-state index in [1.54, 1.807) is 30.6 Å². The maximum atomic E-state index is 12.1. The van der Waals surface area contributed by atoms with Crippen molar-refractivity contribution in [2.24, 2.45) is 0 Å². The highest BCUT2D eigenvalue weighted by molar-refractivity contribution is 6.32. The number of amides is 1. The Bertz CT molecular complexity index is 602. The lowest BCUT2D eigenvalue weighted by Gasteiger charge is -2.10. The number of carbonyl (C=O) groups excluding carboxylic acids is 1. The zero-order valence-corrected chi connectivity index (χ0v) is 11.2. The fourth-order valence-electron chi connectivity index (χ4n) is 1.53. The number of aryl methyl sites for hydroxylation is 1. The fourth-order valence-corrected chi connectivity index (χ4v) is 1.70. The number of hydrogen-bond donors (Lipinski definition) is 1. The smallest absolute Gasteiger partial charge is 0.261 e. The third-order valence-corrected chi connectivity index (χ3v) is 2.92. The Morgan fingerprint density at radius 3 is 2.63 bits per heavy atom. The first-order chi connectivity index (χ1) is 9.11. The van der Waals surface area contributed by atoms with Gasteiger partial charge in [0.2, 0.25) is 5.95 Å². The van der Waals surface area contributed by atoms with Gasteiger partial charge in [0.15, 0.2) is 0 Å². The molecule has 5 nitrogen and oxygen atoms in total. The average Bonchev–Trinajstić information content (AvgIpc) is 2.42. The average molecular weight is 278 g/mol. The maximum absolute atomic E-state index is 12.1. The van der Waals surface area contributed by atoms with Gasteiger partial charge >= 0.3 is 0 Å². The zero-order chi connectivity index (χ0) is 13.8. The second-order valence-corrected chi connectivity index (χ2v) is 4.24. The van der Waals surface area contributed by atoms with Crippen LogP contribution in [0.4, 0.5) is 5.95 Å². The molecule has 1 aromatic heterocycles. The van der Waals surface area contributed by atoms with Crippen molar-refractivity contribution in [2.75, 3.05) is 12.4 Å². The number of nitrogens with one attached hydrogen (secondary N) is 1. The van der Waals surface area contributed by atoms with Crippen LogP contribution in [0.1, 0.15) is 15.9 Å². The molecule has 0 atom stereocenters. The summed E-state index contributed by atoms with van der Waals surface area (Å²) in [5, 5.41) is 3.08. The van der Waals surface area contributed by atoms with E-state index < -0.39 is 0 Å². The van der Waals surface area contributed by atoms with Crippen LogP contribution in [-0.4, -0.2) is 23.0 Å². The van der Waals surface area contributed by atoms with Crippen molar-refractivity contribution in [3.63, 3.8) is 0 Å². The van der Waals surface area contributed by atoms with Crippen LogP contribution in [0.5, 0.6) is 5.75 Å². The van der Waals surface area contributed by atoms with Gasteiger partial charge in [-0.1, -0.05) is 11.6 Å². The molecule has 1 N–H and O–H groups in total. The SMILES string of the molecule is COc1cc(C)c(Cl)cc1C(=O)Nc1ncccn1. The van der Waals surface area contributed by atoms with Crippen LogP contribution in [0.25, 0.3) is 0 Å². The Labute approximate surface area is 115 Å². The van der Waals surface area contributed by atoms with Gasteiger partial charge in [0.05, 0.1) is 12.7 Å². The van der Waals surface area contributed by atoms with Crippen molar-refractivity contribution in [1.82, 2.24) is 9.97 Å². The summed E-state index contributed by atoms with van der Waals surface area (Å²) in [4.78, 5) is 20.0. The van der Waals surface area contributed by atoms with Gasteiger partial charge in [0.25, 0.3) is 5.91 Å². The molecule has 0 aliphatic carbocycles.